The van der Waals surface area contributed by atoms with Crippen molar-refractivity contribution in [2.24, 2.45) is 5.41 Å². The minimum Gasteiger partial charge on any atom is -0.353 e. The third kappa shape index (κ3) is 4.78. The maximum atomic E-state index is 5.63. The fourth-order valence-electron chi connectivity index (χ4n) is 1.58. The van der Waals surface area contributed by atoms with E-state index >= 15 is 0 Å². The quantitative estimate of drug-likeness (QED) is 0.658. The van der Waals surface area contributed by atoms with Crippen molar-refractivity contribution in [1.82, 2.24) is 0 Å². The third-order valence-electron chi connectivity index (χ3n) is 2.41. The Hall–Kier alpha value is -0.160. The molecule has 1 saturated heterocycles. The van der Waals surface area contributed by atoms with E-state index < -0.39 is 0 Å². The van der Waals surface area contributed by atoms with Gasteiger partial charge in [-0.2, -0.15) is 0 Å². The van der Waals surface area contributed by atoms with E-state index in [0.717, 1.165) is 13.2 Å². The molecule has 1 fully saturated rings. The second kappa shape index (κ2) is 6.55. The van der Waals surface area contributed by atoms with Crippen LogP contribution in [0.2, 0.25) is 0 Å². The van der Waals surface area contributed by atoms with Crippen molar-refractivity contribution in [1.29, 1.82) is 0 Å². The van der Waals surface area contributed by atoms with Gasteiger partial charge in [-0.1, -0.05) is 13.8 Å². The molecule has 4 heteroatoms. The molecule has 0 aromatic rings. The molecule has 1 rings (SSSR count). The lowest BCUT2D eigenvalue weighted by Gasteiger charge is -2.35. The molecule has 0 radical (unpaired) electrons. The van der Waals surface area contributed by atoms with Crippen LogP contribution in [0, 0.1) is 5.41 Å². The Bertz CT molecular complexity index is 177. The topological polar surface area (TPSA) is 36.9 Å². The van der Waals surface area contributed by atoms with Crippen LogP contribution >= 0.6 is 0 Å². The minimum atomic E-state index is -0.221. The first kappa shape index (κ1) is 13.9. The van der Waals surface area contributed by atoms with Crippen LogP contribution in [0.4, 0.5) is 0 Å². The van der Waals surface area contributed by atoms with Gasteiger partial charge in [0.25, 0.3) is 0 Å². The van der Waals surface area contributed by atoms with E-state index in [9.17, 15) is 0 Å². The van der Waals surface area contributed by atoms with Crippen molar-refractivity contribution in [3.05, 3.63) is 0 Å². The molecule has 16 heavy (non-hydrogen) atoms. The lowest BCUT2D eigenvalue weighted by molar-refractivity contribution is -0.255. The monoisotopic (exact) mass is 232 g/mol. The summed E-state index contributed by atoms with van der Waals surface area (Å²) in [5.74, 6) is 0. The van der Waals surface area contributed by atoms with Crippen molar-refractivity contribution >= 4 is 0 Å². The average molecular weight is 232 g/mol. The zero-order valence-electron chi connectivity index (χ0n) is 10.8. The van der Waals surface area contributed by atoms with Crippen molar-refractivity contribution in [3.63, 3.8) is 0 Å². The Morgan fingerprint density at radius 1 is 1.12 bits per heavy atom. The highest BCUT2D eigenvalue weighted by molar-refractivity contribution is 4.71. The maximum absolute atomic E-state index is 5.63. The normalized spacial score (nSPS) is 21.6. The molecule has 0 spiro atoms. The number of hydrogen-bond donors (Lipinski definition) is 0. The maximum Gasteiger partial charge on any atom is 0.162 e. The van der Waals surface area contributed by atoms with Gasteiger partial charge < -0.3 is 18.9 Å². The second-order valence-corrected chi connectivity index (χ2v) is 4.79. The lowest BCUT2D eigenvalue weighted by atomic mass is 9.95. The van der Waals surface area contributed by atoms with Crippen molar-refractivity contribution < 1.29 is 18.9 Å². The molecule has 4 nitrogen and oxygen atoms in total. The van der Waals surface area contributed by atoms with Gasteiger partial charge in [-0.25, -0.2) is 0 Å². The van der Waals surface area contributed by atoms with Gasteiger partial charge in [0.15, 0.2) is 12.6 Å². The summed E-state index contributed by atoms with van der Waals surface area (Å²) in [4.78, 5) is 0. The summed E-state index contributed by atoms with van der Waals surface area (Å²) >= 11 is 0. The summed E-state index contributed by atoms with van der Waals surface area (Å²) in [5.41, 5.74) is 0.114. The first-order valence-corrected chi connectivity index (χ1v) is 6.04. The molecule has 0 amide bonds. The predicted octanol–water partition coefficient (Wildman–Crippen LogP) is 2.17. The van der Waals surface area contributed by atoms with Crippen LogP contribution in [0.15, 0.2) is 0 Å². The Morgan fingerprint density at radius 3 is 2.06 bits per heavy atom. The molecule has 0 unspecified atom stereocenters. The standard InChI is InChI=1S/C12H24O4/c1-5-13-10(14-6-2)7-11-15-8-12(3,4)9-16-11/h10-11H,5-9H2,1-4H3. The summed E-state index contributed by atoms with van der Waals surface area (Å²) in [5, 5.41) is 0. The molecule has 96 valence electrons. The highest BCUT2D eigenvalue weighted by Gasteiger charge is 2.30. The van der Waals surface area contributed by atoms with Crippen molar-refractivity contribution in [2.75, 3.05) is 26.4 Å². The molecular weight excluding hydrogens is 208 g/mol. The number of hydrogen-bond acceptors (Lipinski definition) is 4. The predicted molar refractivity (Wildman–Crippen MR) is 61.1 cm³/mol. The van der Waals surface area contributed by atoms with Crippen LogP contribution in [0.1, 0.15) is 34.1 Å². The smallest absolute Gasteiger partial charge is 0.162 e. The first-order valence-electron chi connectivity index (χ1n) is 6.04. The number of rotatable bonds is 6. The van der Waals surface area contributed by atoms with E-state index in [1.54, 1.807) is 0 Å². The second-order valence-electron chi connectivity index (χ2n) is 4.79. The molecule has 1 aliphatic heterocycles. The molecule has 0 aromatic carbocycles. The van der Waals surface area contributed by atoms with Crippen LogP contribution in [-0.4, -0.2) is 39.0 Å². The molecule has 0 aromatic heterocycles. The summed E-state index contributed by atoms with van der Waals surface area (Å²) in [6.07, 6.45) is 0.218. The van der Waals surface area contributed by atoms with Crippen LogP contribution < -0.4 is 0 Å². The van der Waals surface area contributed by atoms with Crippen LogP contribution in [0.25, 0.3) is 0 Å². The average Bonchev–Trinajstić information content (AvgIpc) is 2.22. The minimum absolute atomic E-state index is 0.114. The van der Waals surface area contributed by atoms with E-state index in [-0.39, 0.29) is 18.0 Å². The van der Waals surface area contributed by atoms with Gasteiger partial charge in [0, 0.05) is 25.0 Å². The Labute approximate surface area is 98.2 Å². The molecule has 0 aliphatic carbocycles. The van der Waals surface area contributed by atoms with E-state index in [4.69, 9.17) is 18.9 Å². The third-order valence-corrected chi connectivity index (χ3v) is 2.41. The van der Waals surface area contributed by atoms with E-state index in [2.05, 4.69) is 13.8 Å². The molecule has 0 atom stereocenters. The number of ether oxygens (including phenoxy) is 4. The van der Waals surface area contributed by atoms with Crippen molar-refractivity contribution in [2.45, 2.75) is 46.7 Å². The summed E-state index contributed by atoms with van der Waals surface area (Å²) in [7, 11) is 0. The summed E-state index contributed by atoms with van der Waals surface area (Å²) in [6.45, 7) is 10.9. The van der Waals surface area contributed by atoms with Gasteiger partial charge in [-0.3, -0.25) is 0 Å². The van der Waals surface area contributed by atoms with Crippen molar-refractivity contribution in [3.8, 4) is 0 Å². The Kier molecular flexibility index (Phi) is 5.69. The van der Waals surface area contributed by atoms with Gasteiger partial charge >= 0.3 is 0 Å². The van der Waals surface area contributed by atoms with E-state index in [1.165, 1.54) is 0 Å². The fraction of sp³-hybridized carbons (Fsp3) is 1.00. The molecule has 0 saturated carbocycles. The summed E-state index contributed by atoms with van der Waals surface area (Å²) in [6, 6.07) is 0. The lowest BCUT2D eigenvalue weighted by Crippen LogP contribution is -2.40. The highest BCUT2D eigenvalue weighted by Crippen LogP contribution is 2.25. The van der Waals surface area contributed by atoms with Gasteiger partial charge in [-0.15, -0.1) is 0 Å². The molecule has 1 aliphatic rings. The largest absolute Gasteiger partial charge is 0.353 e. The zero-order valence-corrected chi connectivity index (χ0v) is 10.8. The van der Waals surface area contributed by atoms with Gasteiger partial charge in [-0.05, 0) is 13.8 Å². The molecular formula is C12H24O4. The molecule has 0 bridgehead atoms. The Morgan fingerprint density at radius 2 is 1.62 bits per heavy atom. The van der Waals surface area contributed by atoms with E-state index in [0.29, 0.717) is 19.6 Å². The van der Waals surface area contributed by atoms with Crippen LogP contribution in [0.3, 0.4) is 0 Å². The SMILES string of the molecule is CCOC(CC1OCC(C)(C)CO1)OCC. The first-order chi connectivity index (χ1) is 7.57. The Balaban J connectivity index is 2.30. The van der Waals surface area contributed by atoms with Gasteiger partial charge in [0.2, 0.25) is 0 Å². The fourth-order valence-corrected chi connectivity index (χ4v) is 1.58. The van der Waals surface area contributed by atoms with Crippen LogP contribution in [0.5, 0.6) is 0 Å². The van der Waals surface area contributed by atoms with E-state index in [1.807, 2.05) is 13.8 Å². The molecule has 0 N–H and O–H groups in total. The molecule has 1 heterocycles. The zero-order chi connectivity index (χ0) is 12.0. The van der Waals surface area contributed by atoms with Gasteiger partial charge in [0.1, 0.15) is 0 Å². The van der Waals surface area contributed by atoms with Gasteiger partial charge in [0.05, 0.1) is 13.2 Å². The van der Waals surface area contributed by atoms with Crippen LogP contribution in [-0.2, 0) is 18.9 Å². The summed E-state index contributed by atoms with van der Waals surface area (Å²) < 4.78 is 22.2. The highest BCUT2D eigenvalue weighted by atomic mass is 16.7.